The molecule has 7 heteroatoms. The van der Waals surface area contributed by atoms with Crippen molar-refractivity contribution in [1.82, 2.24) is 15.1 Å². The van der Waals surface area contributed by atoms with Crippen molar-refractivity contribution in [3.05, 3.63) is 35.1 Å². The van der Waals surface area contributed by atoms with Gasteiger partial charge >= 0.3 is 0 Å². The molecule has 0 aromatic heterocycles. The van der Waals surface area contributed by atoms with E-state index in [1.165, 1.54) is 0 Å². The zero-order valence-electron chi connectivity index (χ0n) is 18.0. The van der Waals surface area contributed by atoms with Gasteiger partial charge in [0, 0.05) is 45.4 Å². The Morgan fingerprint density at radius 1 is 1.31 bits per heavy atom. The number of halogens is 1. The maximum absolute atomic E-state index is 14.0. The molecule has 2 aliphatic heterocycles. The molecule has 1 N–H and O–H groups in total. The Morgan fingerprint density at radius 2 is 2.10 bits per heavy atom. The summed E-state index contributed by atoms with van der Waals surface area (Å²) in [6.45, 7) is 4.66. The highest BCUT2D eigenvalue weighted by molar-refractivity contribution is 5.79. The van der Waals surface area contributed by atoms with Crippen molar-refractivity contribution < 1.29 is 13.9 Å². The number of nitrogens with zero attached hydrogens (tertiary/aromatic N) is 3. The van der Waals surface area contributed by atoms with Gasteiger partial charge in [-0.05, 0) is 57.5 Å². The zero-order chi connectivity index (χ0) is 20.6. The second-order valence-corrected chi connectivity index (χ2v) is 8.22. The maximum Gasteiger partial charge on any atom is 0.193 e. The minimum Gasteiger partial charge on any atom is -0.376 e. The largest absolute Gasteiger partial charge is 0.376 e. The lowest BCUT2D eigenvalue weighted by Gasteiger charge is -2.34. The lowest BCUT2D eigenvalue weighted by molar-refractivity contribution is -0.0367. The summed E-state index contributed by atoms with van der Waals surface area (Å²) in [6, 6.07) is 5.32. The van der Waals surface area contributed by atoms with Crippen LogP contribution in [0.2, 0.25) is 0 Å². The van der Waals surface area contributed by atoms with Crippen LogP contribution in [0.3, 0.4) is 0 Å². The van der Waals surface area contributed by atoms with Crippen LogP contribution < -0.4 is 5.32 Å². The molecule has 6 nitrogen and oxygen atoms in total. The second-order valence-electron chi connectivity index (χ2n) is 8.22. The molecule has 2 saturated heterocycles. The van der Waals surface area contributed by atoms with Gasteiger partial charge in [0.2, 0.25) is 0 Å². The van der Waals surface area contributed by atoms with E-state index in [1.54, 1.807) is 6.07 Å². The van der Waals surface area contributed by atoms with Gasteiger partial charge in [0.1, 0.15) is 5.82 Å². The average Bonchev–Trinajstić information content (AvgIpc) is 3.23. The van der Waals surface area contributed by atoms with E-state index >= 15 is 0 Å². The second kappa shape index (κ2) is 10.9. The first kappa shape index (κ1) is 22.0. The third-order valence-electron chi connectivity index (χ3n) is 5.54. The molecule has 1 unspecified atom stereocenters. The average molecular weight is 407 g/mol. The predicted octanol–water partition coefficient (Wildman–Crippen LogP) is 2.62. The Bertz CT molecular complexity index is 669. The summed E-state index contributed by atoms with van der Waals surface area (Å²) in [6.07, 6.45) is 4.86. The lowest BCUT2D eigenvalue weighted by atomic mass is 10.1. The lowest BCUT2D eigenvalue weighted by Crippen LogP contribution is -2.47. The smallest absolute Gasteiger partial charge is 0.193 e. The van der Waals surface area contributed by atoms with E-state index in [0.29, 0.717) is 24.8 Å². The van der Waals surface area contributed by atoms with Crippen molar-refractivity contribution in [2.24, 2.45) is 4.99 Å². The molecule has 2 aliphatic rings. The minimum atomic E-state index is -0.156. The molecule has 0 spiro atoms. The molecule has 1 atom stereocenters. The predicted molar refractivity (Wildman–Crippen MR) is 114 cm³/mol. The third kappa shape index (κ3) is 6.66. The summed E-state index contributed by atoms with van der Waals surface area (Å²) in [7, 11) is 5.70. The summed E-state index contributed by atoms with van der Waals surface area (Å²) >= 11 is 0. The molecule has 1 aromatic rings. The van der Waals surface area contributed by atoms with Crippen LogP contribution >= 0.6 is 0 Å². The van der Waals surface area contributed by atoms with Crippen LogP contribution in [0.4, 0.5) is 4.39 Å². The summed E-state index contributed by atoms with van der Waals surface area (Å²) in [4.78, 5) is 8.68. The Kier molecular flexibility index (Phi) is 8.27. The number of guanidine groups is 1. The number of hydrogen-bond acceptors (Lipinski definition) is 4. The number of likely N-dealkylation sites (tertiary alicyclic amines) is 1. The van der Waals surface area contributed by atoms with Gasteiger partial charge in [0.05, 0.1) is 18.8 Å². The molecule has 2 heterocycles. The van der Waals surface area contributed by atoms with Crippen molar-refractivity contribution in [3.8, 4) is 0 Å². The van der Waals surface area contributed by atoms with E-state index in [9.17, 15) is 4.39 Å². The van der Waals surface area contributed by atoms with Gasteiger partial charge in [-0.15, -0.1) is 0 Å². The molecule has 0 radical (unpaired) electrons. The maximum atomic E-state index is 14.0. The summed E-state index contributed by atoms with van der Waals surface area (Å²) < 4.78 is 25.7. The third-order valence-corrected chi connectivity index (χ3v) is 5.54. The van der Waals surface area contributed by atoms with Crippen LogP contribution in [0, 0.1) is 5.82 Å². The topological polar surface area (TPSA) is 49.3 Å². The van der Waals surface area contributed by atoms with Crippen molar-refractivity contribution in [2.75, 3.05) is 47.4 Å². The number of benzene rings is 1. The first-order valence-corrected chi connectivity index (χ1v) is 10.7. The molecule has 1 aromatic carbocycles. The van der Waals surface area contributed by atoms with Crippen molar-refractivity contribution in [1.29, 1.82) is 0 Å². The van der Waals surface area contributed by atoms with E-state index in [4.69, 9.17) is 9.47 Å². The van der Waals surface area contributed by atoms with Crippen molar-refractivity contribution >= 4 is 5.96 Å². The molecule has 0 amide bonds. The standard InChI is InChI=1S/C22H35FN4O2/c1-24-22(25-14-17-6-7-21(23)18(13-17)15-26(2)3)27-10-8-19(9-11-27)29-16-20-5-4-12-28-20/h6-7,13,19-20H,4-5,8-12,14-16H2,1-3H3,(H,24,25). The SMILES string of the molecule is CN=C(NCc1ccc(F)c(CN(C)C)c1)N1CCC(OCC2CCCO2)CC1. The van der Waals surface area contributed by atoms with E-state index in [1.807, 2.05) is 38.2 Å². The zero-order valence-corrected chi connectivity index (χ0v) is 18.0. The Labute approximate surface area is 174 Å². The van der Waals surface area contributed by atoms with Gasteiger partial charge in [-0.3, -0.25) is 4.99 Å². The first-order valence-electron chi connectivity index (χ1n) is 10.7. The van der Waals surface area contributed by atoms with Crippen LogP contribution in [0.5, 0.6) is 0 Å². The Hall–Kier alpha value is -1.70. The molecular formula is C22H35FN4O2. The van der Waals surface area contributed by atoms with Gasteiger partial charge in [0.15, 0.2) is 5.96 Å². The molecule has 162 valence electrons. The molecule has 2 fully saturated rings. The quantitative estimate of drug-likeness (QED) is 0.557. The molecule has 0 aliphatic carbocycles. The van der Waals surface area contributed by atoms with E-state index < -0.39 is 0 Å². The minimum absolute atomic E-state index is 0.156. The van der Waals surface area contributed by atoms with Crippen LogP contribution in [0.15, 0.2) is 23.2 Å². The summed E-state index contributed by atoms with van der Waals surface area (Å²) in [5.41, 5.74) is 1.77. The molecule has 3 rings (SSSR count). The monoisotopic (exact) mass is 406 g/mol. The highest BCUT2D eigenvalue weighted by Gasteiger charge is 2.24. The van der Waals surface area contributed by atoms with Crippen molar-refractivity contribution in [3.63, 3.8) is 0 Å². The number of rotatable bonds is 7. The van der Waals surface area contributed by atoms with Crippen LogP contribution in [-0.4, -0.2) is 75.4 Å². The Balaban J connectivity index is 1.45. The number of hydrogen-bond donors (Lipinski definition) is 1. The number of piperidine rings is 1. The van der Waals surface area contributed by atoms with Gasteiger partial charge < -0.3 is 24.6 Å². The normalized spacial score (nSPS) is 21.2. The fraction of sp³-hybridized carbons (Fsp3) is 0.682. The Morgan fingerprint density at radius 3 is 2.76 bits per heavy atom. The number of nitrogens with one attached hydrogen (secondary N) is 1. The molecule has 0 saturated carbocycles. The van der Waals surface area contributed by atoms with Gasteiger partial charge in [-0.1, -0.05) is 6.07 Å². The molecule has 0 bridgehead atoms. The first-order chi connectivity index (χ1) is 14.0. The van der Waals surface area contributed by atoms with Crippen molar-refractivity contribution in [2.45, 2.75) is 51.0 Å². The van der Waals surface area contributed by atoms with Gasteiger partial charge in [0.25, 0.3) is 0 Å². The van der Waals surface area contributed by atoms with Gasteiger partial charge in [-0.25, -0.2) is 4.39 Å². The number of aliphatic imine (C=N–C) groups is 1. The highest BCUT2D eigenvalue weighted by atomic mass is 19.1. The van der Waals surface area contributed by atoms with Crippen LogP contribution in [-0.2, 0) is 22.6 Å². The molecule has 29 heavy (non-hydrogen) atoms. The van der Waals surface area contributed by atoms with Gasteiger partial charge in [-0.2, -0.15) is 0 Å². The number of ether oxygens (including phenoxy) is 2. The summed E-state index contributed by atoms with van der Waals surface area (Å²) in [5, 5.41) is 3.43. The van der Waals surface area contributed by atoms with Crippen LogP contribution in [0.25, 0.3) is 0 Å². The van der Waals surface area contributed by atoms with Crippen LogP contribution in [0.1, 0.15) is 36.8 Å². The molecular weight excluding hydrogens is 371 g/mol. The summed E-state index contributed by atoms with van der Waals surface area (Å²) in [5.74, 6) is 0.734. The van der Waals surface area contributed by atoms with E-state index in [0.717, 1.165) is 63.5 Å². The van der Waals surface area contributed by atoms with E-state index in [2.05, 4.69) is 15.2 Å². The highest BCUT2D eigenvalue weighted by Crippen LogP contribution is 2.18. The fourth-order valence-electron chi connectivity index (χ4n) is 3.97. The van der Waals surface area contributed by atoms with E-state index in [-0.39, 0.29) is 11.9 Å². The fourth-order valence-corrected chi connectivity index (χ4v) is 3.97.